The van der Waals surface area contributed by atoms with E-state index in [0.29, 0.717) is 28.5 Å². The maximum atomic E-state index is 12.5. The van der Waals surface area contributed by atoms with Crippen molar-refractivity contribution in [2.75, 3.05) is 14.2 Å². The van der Waals surface area contributed by atoms with E-state index in [4.69, 9.17) is 18.7 Å². The molecular formula is C22H18N2O5. The summed E-state index contributed by atoms with van der Waals surface area (Å²) < 4.78 is 21.2. The Balaban J connectivity index is 1.51. The second-order valence-electron chi connectivity index (χ2n) is 6.18. The van der Waals surface area contributed by atoms with E-state index in [1.165, 1.54) is 0 Å². The lowest BCUT2D eigenvalue weighted by Crippen LogP contribution is -2.06. The van der Waals surface area contributed by atoms with Crippen molar-refractivity contribution in [3.8, 4) is 22.9 Å². The van der Waals surface area contributed by atoms with Gasteiger partial charge in [0.2, 0.25) is 5.82 Å². The molecule has 0 N–H and O–H groups in total. The minimum atomic E-state index is -0.455. The average Bonchev–Trinajstić information content (AvgIpc) is 3.25. The van der Waals surface area contributed by atoms with Crippen LogP contribution in [0.5, 0.6) is 11.5 Å². The number of hydrogen-bond donors (Lipinski definition) is 0. The normalized spacial score (nSPS) is 10.7. The Bertz CT molecular complexity index is 1160. The molecule has 0 saturated heterocycles. The molecule has 0 unspecified atom stereocenters. The van der Waals surface area contributed by atoms with Crippen molar-refractivity contribution in [3.63, 3.8) is 0 Å². The maximum Gasteiger partial charge on any atom is 0.339 e. The summed E-state index contributed by atoms with van der Waals surface area (Å²) in [5.41, 5.74) is 1.13. The van der Waals surface area contributed by atoms with Crippen LogP contribution in [0, 0.1) is 0 Å². The number of hydrogen-bond acceptors (Lipinski definition) is 7. The number of esters is 1. The highest BCUT2D eigenvalue weighted by molar-refractivity contribution is 6.04. The number of methoxy groups -OCH3 is 2. The third-order valence-corrected chi connectivity index (χ3v) is 4.45. The van der Waals surface area contributed by atoms with E-state index in [1.54, 1.807) is 38.5 Å². The van der Waals surface area contributed by atoms with Crippen LogP contribution in [-0.4, -0.2) is 30.3 Å². The molecule has 0 amide bonds. The Morgan fingerprint density at radius 2 is 1.83 bits per heavy atom. The van der Waals surface area contributed by atoms with Crippen LogP contribution in [0.1, 0.15) is 16.2 Å². The zero-order chi connectivity index (χ0) is 20.2. The molecule has 0 aliphatic rings. The van der Waals surface area contributed by atoms with Crippen molar-refractivity contribution >= 4 is 16.7 Å². The van der Waals surface area contributed by atoms with Crippen LogP contribution >= 0.6 is 0 Å². The summed E-state index contributed by atoms with van der Waals surface area (Å²) in [4.78, 5) is 16.8. The molecule has 0 bridgehead atoms. The Kier molecular flexibility index (Phi) is 5.11. The summed E-state index contributed by atoms with van der Waals surface area (Å²) in [6.45, 7) is -0.131. The first-order valence-electron chi connectivity index (χ1n) is 8.89. The molecule has 7 heteroatoms. The molecule has 29 heavy (non-hydrogen) atoms. The molecule has 0 aliphatic carbocycles. The summed E-state index contributed by atoms with van der Waals surface area (Å²) in [6.07, 6.45) is 0. The van der Waals surface area contributed by atoms with Crippen LogP contribution in [-0.2, 0) is 11.3 Å². The number of rotatable bonds is 6. The molecule has 3 aromatic carbocycles. The molecule has 7 nitrogen and oxygen atoms in total. The van der Waals surface area contributed by atoms with Gasteiger partial charge in [-0.1, -0.05) is 41.6 Å². The smallest absolute Gasteiger partial charge is 0.339 e. The highest BCUT2D eigenvalue weighted by Gasteiger charge is 2.17. The Labute approximate surface area is 166 Å². The predicted octanol–water partition coefficient (Wildman–Crippen LogP) is 4.26. The van der Waals surface area contributed by atoms with Gasteiger partial charge in [0.05, 0.1) is 25.3 Å². The van der Waals surface area contributed by atoms with Gasteiger partial charge in [0.15, 0.2) is 6.61 Å². The van der Waals surface area contributed by atoms with Crippen LogP contribution in [0.4, 0.5) is 0 Å². The Morgan fingerprint density at radius 3 is 2.66 bits per heavy atom. The van der Waals surface area contributed by atoms with Crippen molar-refractivity contribution in [3.05, 3.63) is 72.1 Å². The highest BCUT2D eigenvalue weighted by Crippen LogP contribution is 2.31. The van der Waals surface area contributed by atoms with Gasteiger partial charge in [-0.2, -0.15) is 4.98 Å². The molecule has 0 saturated carbocycles. The summed E-state index contributed by atoms with van der Waals surface area (Å²) >= 11 is 0. The molecule has 0 atom stereocenters. The van der Waals surface area contributed by atoms with Crippen LogP contribution < -0.4 is 9.47 Å². The highest BCUT2D eigenvalue weighted by atomic mass is 16.6. The number of ether oxygens (including phenoxy) is 3. The molecule has 0 aliphatic heterocycles. The first kappa shape index (κ1) is 18.5. The van der Waals surface area contributed by atoms with E-state index in [-0.39, 0.29) is 12.5 Å². The van der Waals surface area contributed by atoms with Gasteiger partial charge in [-0.25, -0.2) is 4.79 Å². The average molecular weight is 390 g/mol. The van der Waals surface area contributed by atoms with E-state index in [0.717, 1.165) is 10.8 Å². The van der Waals surface area contributed by atoms with Crippen LogP contribution in [0.25, 0.3) is 22.2 Å². The third-order valence-electron chi connectivity index (χ3n) is 4.45. The number of benzene rings is 3. The summed E-state index contributed by atoms with van der Waals surface area (Å²) in [5, 5.41) is 5.75. The number of nitrogens with zero attached hydrogens (tertiary/aromatic N) is 2. The molecule has 0 radical (unpaired) electrons. The topological polar surface area (TPSA) is 83.7 Å². The second-order valence-corrected chi connectivity index (χ2v) is 6.18. The number of aromatic nitrogens is 2. The van der Waals surface area contributed by atoms with Gasteiger partial charge in [-0.05, 0) is 29.0 Å². The van der Waals surface area contributed by atoms with Gasteiger partial charge in [-0.3, -0.25) is 0 Å². The fraction of sp³-hybridized carbons (Fsp3) is 0.136. The monoisotopic (exact) mass is 390 g/mol. The first-order valence-corrected chi connectivity index (χ1v) is 8.89. The predicted molar refractivity (Wildman–Crippen MR) is 106 cm³/mol. The van der Waals surface area contributed by atoms with Crippen molar-refractivity contribution in [2.24, 2.45) is 0 Å². The molecule has 0 fully saturated rings. The minimum Gasteiger partial charge on any atom is -0.497 e. The van der Waals surface area contributed by atoms with E-state index < -0.39 is 5.97 Å². The Hall–Kier alpha value is -3.87. The van der Waals surface area contributed by atoms with E-state index in [9.17, 15) is 4.79 Å². The zero-order valence-corrected chi connectivity index (χ0v) is 15.9. The largest absolute Gasteiger partial charge is 0.497 e. The molecule has 146 valence electrons. The minimum absolute atomic E-state index is 0.131. The lowest BCUT2D eigenvalue weighted by molar-refractivity contribution is 0.0432. The molecular weight excluding hydrogens is 372 g/mol. The van der Waals surface area contributed by atoms with Crippen molar-refractivity contribution in [1.82, 2.24) is 10.1 Å². The fourth-order valence-electron chi connectivity index (χ4n) is 3.01. The number of carbonyl (C=O) groups excluding carboxylic acids is 1. The zero-order valence-electron chi connectivity index (χ0n) is 15.9. The molecule has 0 spiro atoms. The molecule has 4 aromatic rings. The van der Waals surface area contributed by atoms with Gasteiger partial charge < -0.3 is 18.7 Å². The van der Waals surface area contributed by atoms with E-state index >= 15 is 0 Å². The van der Waals surface area contributed by atoms with Gasteiger partial charge in [0.1, 0.15) is 11.5 Å². The molecule has 1 heterocycles. The van der Waals surface area contributed by atoms with Crippen molar-refractivity contribution in [1.29, 1.82) is 0 Å². The number of fused-ring (bicyclic) bond motifs is 1. The Morgan fingerprint density at radius 1 is 1.00 bits per heavy atom. The standard InChI is InChI=1S/C22H18N2O5/c1-26-15-10-11-18(19(12-15)27-2)21-23-20(29-24-21)13-28-22(25)17-9-5-7-14-6-3-4-8-16(14)17/h3-12H,13H2,1-2H3. The van der Waals surface area contributed by atoms with E-state index in [2.05, 4.69) is 10.1 Å². The van der Waals surface area contributed by atoms with Crippen molar-refractivity contribution in [2.45, 2.75) is 6.61 Å². The quantitative estimate of drug-likeness (QED) is 0.455. The first-order chi connectivity index (χ1) is 14.2. The van der Waals surface area contributed by atoms with Crippen LogP contribution in [0.15, 0.2) is 65.2 Å². The number of carbonyl (C=O) groups is 1. The third kappa shape index (κ3) is 3.75. The van der Waals surface area contributed by atoms with Crippen LogP contribution in [0.3, 0.4) is 0 Å². The molecule has 4 rings (SSSR count). The summed E-state index contributed by atoms with van der Waals surface area (Å²) in [5.74, 6) is 1.26. The lowest BCUT2D eigenvalue weighted by atomic mass is 10.1. The van der Waals surface area contributed by atoms with E-state index in [1.807, 2.05) is 36.4 Å². The SMILES string of the molecule is COc1ccc(-c2noc(COC(=O)c3cccc4ccccc34)n2)c(OC)c1. The van der Waals surface area contributed by atoms with Crippen molar-refractivity contribution < 1.29 is 23.5 Å². The van der Waals surface area contributed by atoms with Gasteiger partial charge in [0, 0.05) is 6.07 Å². The fourth-order valence-corrected chi connectivity index (χ4v) is 3.01. The van der Waals surface area contributed by atoms with Crippen LogP contribution in [0.2, 0.25) is 0 Å². The van der Waals surface area contributed by atoms with Gasteiger partial charge >= 0.3 is 5.97 Å². The lowest BCUT2D eigenvalue weighted by Gasteiger charge is -2.07. The maximum absolute atomic E-state index is 12.5. The summed E-state index contributed by atoms with van der Waals surface area (Å²) in [6, 6.07) is 18.4. The van der Waals surface area contributed by atoms with Gasteiger partial charge in [-0.15, -0.1) is 0 Å². The van der Waals surface area contributed by atoms with Gasteiger partial charge in [0.25, 0.3) is 5.89 Å². The summed E-state index contributed by atoms with van der Waals surface area (Å²) in [7, 11) is 3.12. The second kappa shape index (κ2) is 8.02. The molecule has 1 aromatic heterocycles.